The van der Waals surface area contributed by atoms with Crippen molar-refractivity contribution in [2.24, 2.45) is 11.5 Å². The zero-order valence-electron chi connectivity index (χ0n) is 12.0. The van der Waals surface area contributed by atoms with E-state index >= 15 is 0 Å². The highest BCUT2D eigenvalue weighted by Gasteiger charge is 2.05. The fourth-order valence-electron chi connectivity index (χ4n) is 1.25. The molecule has 0 aromatic heterocycles. The maximum absolute atomic E-state index is 7.57. The summed E-state index contributed by atoms with van der Waals surface area (Å²) in [6, 6.07) is 0. The first-order valence-electron chi connectivity index (χ1n) is 6.78. The summed E-state index contributed by atoms with van der Waals surface area (Å²) in [6.07, 6.45) is 0. The van der Waals surface area contributed by atoms with Crippen molar-refractivity contribution < 1.29 is 9.84 Å². The van der Waals surface area contributed by atoms with Crippen molar-refractivity contribution in [2.75, 3.05) is 65.6 Å². The normalized spacial score (nSPS) is 15.2. The summed E-state index contributed by atoms with van der Waals surface area (Å²) in [5, 5.41) is 10.6. The van der Waals surface area contributed by atoms with Crippen LogP contribution in [0.1, 0.15) is 13.8 Å². The van der Waals surface area contributed by atoms with E-state index in [1.54, 1.807) is 6.92 Å². The third-order valence-electron chi connectivity index (χ3n) is 2.19. The minimum atomic E-state index is 0.250. The van der Waals surface area contributed by atoms with Gasteiger partial charge in [0.15, 0.2) is 0 Å². The zero-order valence-corrected chi connectivity index (χ0v) is 12.0. The van der Waals surface area contributed by atoms with Gasteiger partial charge in [0.2, 0.25) is 0 Å². The van der Waals surface area contributed by atoms with Gasteiger partial charge in [0, 0.05) is 45.9 Å². The molecule has 0 saturated carbocycles. The van der Waals surface area contributed by atoms with Crippen LogP contribution in [0.15, 0.2) is 0 Å². The minimum Gasteiger partial charge on any atom is -0.397 e. The molecular weight excluding hydrogens is 232 g/mol. The Morgan fingerprint density at radius 3 is 1.83 bits per heavy atom. The van der Waals surface area contributed by atoms with Gasteiger partial charge in [0.05, 0.1) is 13.2 Å². The van der Waals surface area contributed by atoms with E-state index in [0.29, 0.717) is 13.1 Å². The zero-order chi connectivity index (χ0) is 14.1. The number of morpholine rings is 1. The molecule has 0 radical (unpaired) electrons. The lowest BCUT2D eigenvalue weighted by atomic mass is 10.4. The van der Waals surface area contributed by atoms with Crippen molar-refractivity contribution in [3.8, 4) is 0 Å². The molecule has 0 spiro atoms. The molecule has 18 heavy (non-hydrogen) atoms. The Morgan fingerprint density at radius 2 is 1.56 bits per heavy atom. The van der Waals surface area contributed by atoms with Crippen molar-refractivity contribution >= 4 is 0 Å². The van der Waals surface area contributed by atoms with E-state index < -0.39 is 0 Å². The van der Waals surface area contributed by atoms with Crippen LogP contribution < -0.4 is 16.8 Å². The Balaban J connectivity index is 0. The second-order valence-electron chi connectivity index (χ2n) is 3.69. The summed E-state index contributed by atoms with van der Waals surface area (Å²) in [4.78, 5) is 2.39. The molecule has 0 aromatic carbocycles. The van der Waals surface area contributed by atoms with Gasteiger partial charge in [-0.1, -0.05) is 6.92 Å². The second kappa shape index (κ2) is 19.1. The van der Waals surface area contributed by atoms with Crippen molar-refractivity contribution in [1.82, 2.24) is 10.2 Å². The molecule has 6 heteroatoms. The number of hydrogen-bond donors (Lipinski definition) is 4. The van der Waals surface area contributed by atoms with Gasteiger partial charge in [0.25, 0.3) is 0 Å². The number of likely N-dealkylation sites (N-methyl/N-ethyl adjacent to an activating group) is 1. The Hall–Kier alpha value is -0.240. The van der Waals surface area contributed by atoms with Crippen LogP contribution in [0.5, 0.6) is 0 Å². The van der Waals surface area contributed by atoms with E-state index in [0.717, 1.165) is 39.4 Å². The van der Waals surface area contributed by atoms with Crippen LogP contribution in [0, 0.1) is 0 Å². The van der Waals surface area contributed by atoms with Gasteiger partial charge in [-0.3, -0.25) is 4.90 Å². The van der Waals surface area contributed by atoms with Crippen molar-refractivity contribution in [1.29, 1.82) is 0 Å². The van der Waals surface area contributed by atoms with Gasteiger partial charge >= 0.3 is 0 Å². The van der Waals surface area contributed by atoms with Crippen LogP contribution in [-0.4, -0.2) is 75.6 Å². The average Bonchev–Trinajstić information content (AvgIpc) is 2.42. The fourth-order valence-corrected chi connectivity index (χ4v) is 1.25. The quantitative estimate of drug-likeness (QED) is 0.467. The Kier molecular flexibility index (Phi) is 21.3. The number of hydrogen-bond acceptors (Lipinski definition) is 6. The summed E-state index contributed by atoms with van der Waals surface area (Å²) in [5.41, 5.74) is 10.3. The predicted molar refractivity (Wildman–Crippen MR) is 76.7 cm³/mol. The van der Waals surface area contributed by atoms with Crippen LogP contribution in [-0.2, 0) is 4.74 Å². The highest BCUT2D eigenvalue weighted by molar-refractivity contribution is 4.57. The first kappa shape index (κ1) is 20.1. The van der Waals surface area contributed by atoms with Gasteiger partial charge in [-0.15, -0.1) is 0 Å². The molecule has 6 N–H and O–H groups in total. The lowest BCUT2D eigenvalue weighted by molar-refractivity contribution is 0.0405. The first-order chi connectivity index (χ1) is 8.76. The van der Waals surface area contributed by atoms with Gasteiger partial charge in [-0.05, 0) is 13.5 Å². The highest BCUT2D eigenvalue weighted by atomic mass is 16.5. The summed E-state index contributed by atoms with van der Waals surface area (Å²) >= 11 is 0. The average molecular weight is 264 g/mol. The molecule has 0 unspecified atom stereocenters. The molecule has 1 heterocycles. The third kappa shape index (κ3) is 18.1. The summed E-state index contributed by atoms with van der Waals surface area (Å²) in [6.45, 7) is 12.5. The van der Waals surface area contributed by atoms with E-state index in [9.17, 15) is 0 Å². The number of ether oxygens (including phenoxy) is 1. The molecule has 1 aliphatic rings. The molecule has 0 bridgehead atoms. The molecule has 112 valence electrons. The molecular formula is C12H32N4O2. The lowest BCUT2D eigenvalue weighted by Crippen LogP contribution is -2.35. The van der Waals surface area contributed by atoms with Crippen molar-refractivity contribution in [3.63, 3.8) is 0 Å². The molecule has 1 fully saturated rings. The van der Waals surface area contributed by atoms with Crippen molar-refractivity contribution in [2.45, 2.75) is 13.8 Å². The molecule has 0 aliphatic carbocycles. The lowest BCUT2D eigenvalue weighted by Gasteiger charge is -2.24. The standard InChI is InChI=1S/C6H13NO.C4H13N3.C2H6O/c1-2-7-3-5-8-6-4-7;5-1-3-7-4-2-6;1-2-3/h2-6H2,1H3;7H,1-6H2;3H,2H2,1H3. The molecule has 1 rings (SSSR count). The van der Waals surface area contributed by atoms with Crippen molar-refractivity contribution in [3.05, 3.63) is 0 Å². The largest absolute Gasteiger partial charge is 0.397 e. The Bertz CT molecular complexity index is 129. The van der Waals surface area contributed by atoms with Gasteiger partial charge in [-0.2, -0.15) is 0 Å². The van der Waals surface area contributed by atoms with Crippen LogP contribution in [0.25, 0.3) is 0 Å². The van der Waals surface area contributed by atoms with Crippen LogP contribution >= 0.6 is 0 Å². The SMILES string of the molecule is CCN1CCOCC1.CCO.NCCNCCN. The molecule has 6 nitrogen and oxygen atoms in total. The van der Waals surface area contributed by atoms with Crippen LogP contribution in [0.2, 0.25) is 0 Å². The van der Waals surface area contributed by atoms with Gasteiger partial charge in [0.1, 0.15) is 0 Å². The Morgan fingerprint density at radius 1 is 1.11 bits per heavy atom. The van der Waals surface area contributed by atoms with Gasteiger partial charge < -0.3 is 26.6 Å². The first-order valence-corrected chi connectivity index (χ1v) is 6.78. The minimum absolute atomic E-state index is 0.250. The number of aliphatic hydroxyl groups excluding tert-OH is 1. The molecule has 0 amide bonds. The van der Waals surface area contributed by atoms with Crippen LogP contribution in [0.3, 0.4) is 0 Å². The maximum atomic E-state index is 7.57. The van der Waals surface area contributed by atoms with E-state index in [1.165, 1.54) is 6.54 Å². The number of nitrogens with zero attached hydrogens (tertiary/aromatic N) is 1. The molecule has 1 aliphatic heterocycles. The highest BCUT2D eigenvalue weighted by Crippen LogP contribution is 1.93. The number of rotatable bonds is 5. The Labute approximate surface area is 112 Å². The maximum Gasteiger partial charge on any atom is 0.0594 e. The summed E-state index contributed by atoms with van der Waals surface area (Å²) in [5.74, 6) is 0. The topological polar surface area (TPSA) is 96.8 Å². The number of nitrogens with one attached hydrogen (secondary N) is 1. The number of aliphatic hydroxyl groups is 1. The van der Waals surface area contributed by atoms with E-state index in [4.69, 9.17) is 21.3 Å². The monoisotopic (exact) mass is 264 g/mol. The molecule has 0 aromatic rings. The smallest absolute Gasteiger partial charge is 0.0594 e. The second-order valence-corrected chi connectivity index (χ2v) is 3.69. The summed E-state index contributed by atoms with van der Waals surface area (Å²) in [7, 11) is 0. The van der Waals surface area contributed by atoms with E-state index in [1.807, 2.05) is 0 Å². The third-order valence-corrected chi connectivity index (χ3v) is 2.19. The van der Waals surface area contributed by atoms with E-state index in [-0.39, 0.29) is 6.61 Å². The summed E-state index contributed by atoms with van der Waals surface area (Å²) < 4.78 is 5.16. The molecule has 1 saturated heterocycles. The molecule has 0 atom stereocenters. The van der Waals surface area contributed by atoms with Gasteiger partial charge in [-0.25, -0.2) is 0 Å². The van der Waals surface area contributed by atoms with E-state index in [2.05, 4.69) is 17.1 Å². The fraction of sp³-hybridized carbons (Fsp3) is 1.00. The predicted octanol–water partition coefficient (Wildman–Crippen LogP) is -1.17. The van der Waals surface area contributed by atoms with Crippen LogP contribution in [0.4, 0.5) is 0 Å². The number of nitrogens with two attached hydrogens (primary N) is 2.